The second-order valence-electron chi connectivity index (χ2n) is 4.71. The highest BCUT2D eigenvalue weighted by atomic mass is 35.5. The van der Waals surface area contributed by atoms with Gasteiger partial charge in [0.15, 0.2) is 0 Å². The zero-order chi connectivity index (χ0) is 11.9. The molecule has 0 radical (unpaired) electrons. The first-order chi connectivity index (χ1) is 7.47. The van der Waals surface area contributed by atoms with Crippen LogP contribution in [0.1, 0.15) is 29.5 Å². The number of hydrogen-bond acceptors (Lipinski definition) is 2. The molecule has 1 N–H and O–H groups in total. The van der Waals surface area contributed by atoms with Crippen molar-refractivity contribution in [3.8, 4) is 5.75 Å². The normalized spacial score (nSPS) is 17.3. The van der Waals surface area contributed by atoms with Crippen molar-refractivity contribution < 1.29 is 9.84 Å². The van der Waals surface area contributed by atoms with E-state index in [0.717, 1.165) is 29.5 Å². The number of halogens is 1. The molecule has 0 amide bonds. The Morgan fingerprint density at radius 3 is 2.56 bits per heavy atom. The molecule has 88 valence electrons. The van der Waals surface area contributed by atoms with Gasteiger partial charge in [-0.05, 0) is 49.4 Å². The first kappa shape index (κ1) is 11.7. The second-order valence-corrected chi connectivity index (χ2v) is 5.09. The largest absolute Gasteiger partial charge is 0.495 e. The molecular formula is C13H17ClO2. The zero-order valence-corrected chi connectivity index (χ0v) is 10.7. The monoisotopic (exact) mass is 240 g/mol. The summed E-state index contributed by atoms with van der Waals surface area (Å²) in [5, 5.41) is 10.6. The van der Waals surface area contributed by atoms with E-state index in [-0.39, 0.29) is 0 Å². The number of aryl methyl sites for hydroxylation is 1. The van der Waals surface area contributed by atoms with Crippen LogP contribution < -0.4 is 4.74 Å². The Labute approximate surface area is 101 Å². The molecule has 0 aromatic heterocycles. The van der Waals surface area contributed by atoms with E-state index < -0.39 is 5.60 Å². The minimum atomic E-state index is -0.479. The lowest BCUT2D eigenvalue weighted by Crippen LogP contribution is -2.13. The fourth-order valence-corrected chi connectivity index (χ4v) is 2.28. The predicted octanol–water partition coefficient (Wildman–Crippen LogP) is 3.03. The highest BCUT2D eigenvalue weighted by Gasteiger charge is 2.41. The number of methoxy groups -OCH3 is 1. The molecule has 2 nitrogen and oxygen atoms in total. The molecule has 1 aliphatic rings. The van der Waals surface area contributed by atoms with Crippen molar-refractivity contribution in [2.24, 2.45) is 0 Å². The van der Waals surface area contributed by atoms with E-state index in [1.54, 1.807) is 7.11 Å². The maximum atomic E-state index is 9.97. The van der Waals surface area contributed by atoms with Crippen molar-refractivity contribution in [1.82, 2.24) is 0 Å². The van der Waals surface area contributed by atoms with E-state index in [1.807, 2.05) is 19.9 Å². The van der Waals surface area contributed by atoms with Gasteiger partial charge in [0.25, 0.3) is 0 Å². The molecule has 1 fully saturated rings. The Kier molecular flexibility index (Phi) is 2.89. The van der Waals surface area contributed by atoms with Gasteiger partial charge in [0.1, 0.15) is 5.75 Å². The average Bonchev–Trinajstić information content (AvgIpc) is 2.97. The topological polar surface area (TPSA) is 29.5 Å². The first-order valence-electron chi connectivity index (χ1n) is 5.52. The molecule has 16 heavy (non-hydrogen) atoms. The fourth-order valence-electron chi connectivity index (χ4n) is 2.03. The SMILES string of the molecule is COc1cc(C)c(CC2(O)CC2)c(C)c1Cl. The van der Waals surface area contributed by atoms with Gasteiger partial charge in [0.05, 0.1) is 17.7 Å². The second kappa shape index (κ2) is 3.94. The summed E-state index contributed by atoms with van der Waals surface area (Å²) < 4.78 is 5.21. The van der Waals surface area contributed by atoms with Gasteiger partial charge in [-0.15, -0.1) is 0 Å². The molecule has 1 aliphatic carbocycles. The van der Waals surface area contributed by atoms with Crippen LogP contribution in [0.2, 0.25) is 5.02 Å². The molecule has 3 heteroatoms. The van der Waals surface area contributed by atoms with Crippen LogP contribution in [0.4, 0.5) is 0 Å². The summed E-state index contributed by atoms with van der Waals surface area (Å²) in [6, 6.07) is 1.94. The van der Waals surface area contributed by atoms with E-state index in [1.165, 1.54) is 0 Å². The van der Waals surface area contributed by atoms with Crippen LogP contribution in [0.5, 0.6) is 5.75 Å². The van der Waals surface area contributed by atoms with Crippen molar-refractivity contribution in [1.29, 1.82) is 0 Å². The molecule has 0 spiro atoms. The molecule has 1 aromatic rings. The Balaban J connectivity index is 2.41. The Hall–Kier alpha value is -0.730. The molecule has 0 atom stereocenters. The quantitative estimate of drug-likeness (QED) is 0.880. The maximum Gasteiger partial charge on any atom is 0.138 e. The standard InChI is InChI=1S/C13H17ClO2/c1-8-6-11(16-3)12(14)9(2)10(8)7-13(15)4-5-13/h6,15H,4-5,7H2,1-3H3. The highest BCUT2D eigenvalue weighted by Crippen LogP contribution is 2.41. The first-order valence-corrected chi connectivity index (χ1v) is 5.89. The van der Waals surface area contributed by atoms with Gasteiger partial charge in [-0.2, -0.15) is 0 Å². The van der Waals surface area contributed by atoms with Crippen LogP contribution in [-0.2, 0) is 6.42 Å². The van der Waals surface area contributed by atoms with Gasteiger partial charge >= 0.3 is 0 Å². The van der Waals surface area contributed by atoms with Crippen LogP contribution in [-0.4, -0.2) is 17.8 Å². The van der Waals surface area contributed by atoms with E-state index in [4.69, 9.17) is 16.3 Å². The zero-order valence-electron chi connectivity index (χ0n) is 9.93. The van der Waals surface area contributed by atoms with Crippen LogP contribution in [0.25, 0.3) is 0 Å². The Bertz CT molecular complexity index is 422. The number of aliphatic hydroxyl groups is 1. The maximum absolute atomic E-state index is 9.97. The van der Waals surface area contributed by atoms with Crippen LogP contribution in [0.3, 0.4) is 0 Å². The van der Waals surface area contributed by atoms with Gasteiger partial charge in [0.2, 0.25) is 0 Å². The van der Waals surface area contributed by atoms with Gasteiger partial charge in [-0.1, -0.05) is 11.6 Å². The van der Waals surface area contributed by atoms with Crippen LogP contribution in [0, 0.1) is 13.8 Å². The molecule has 2 rings (SSSR count). The number of benzene rings is 1. The number of rotatable bonds is 3. The summed E-state index contributed by atoms with van der Waals surface area (Å²) in [7, 11) is 1.62. The van der Waals surface area contributed by atoms with Crippen molar-refractivity contribution in [3.05, 3.63) is 27.8 Å². The van der Waals surface area contributed by atoms with E-state index in [9.17, 15) is 5.11 Å². The third-order valence-electron chi connectivity index (χ3n) is 3.37. The molecular weight excluding hydrogens is 224 g/mol. The predicted molar refractivity (Wildman–Crippen MR) is 65.4 cm³/mol. The lowest BCUT2D eigenvalue weighted by atomic mass is 9.96. The van der Waals surface area contributed by atoms with Gasteiger partial charge < -0.3 is 9.84 Å². The molecule has 1 saturated carbocycles. The molecule has 0 aliphatic heterocycles. The van der Waals surface area contributed by atoms with Crippen molar-refractivity contribution >= 4 is 11.6 Å². The van der Waals surface area contributed by atoms with Crippen molar-refractivity contribution in [3.63, 3.8) is 0 Å². The summed E-state index contributed by atoms with van der Waals surface area (Å²) in [4.78, 5) is 0. The van der Waals surface area contributed by atoms with Crippen molar-refractivity contribution in [2.45, 2.75) is 38.7 Å². The summed E-state index contributed by atoms with van der Waals surface area (Å²) in [6.45, 7) is 4.02. The third-order valence-corrected chi connectivity index (χ3v) is 3.84. The van der Waals surface area contributed by atoms with Crippen molar-refractivity contribution in [2.75, 3.05) is 7.11 Å². The van der Waals surface area contributed by atoms with E-state index in [2.05, 4.69) is 0 Å². The molecule has 0 bridgehead atoms. The smallest absolute Gasteiger partial charge is 0.138 e. The molecule has 0 unspecified atom stereocenters. The van der Waals surface area contributed by atoms with Crippen LogP contribution >= 0.6 is 11.6 Å². The summed E-state index contributed by atoms with van der Waals surface area (Å²) in [6.07, 6.45) is 2.50. The fraction of sp³-hybridized carbons (Fsp3) is 0.538. The Morgan fingerprint density at radius 1 is 1.44 bits per heavy atom. The molecule has 0 heterocycles. The average molecular weight is 241 g/mol. The Morgan fingerprint density at radius 2 is 2.06 bits per heavy atom. The minimum absolute atomic E-state index is 0.479. The lowest BCUT2D eigenvalue weighted by molar-refractivity contribution is 0.150. The summed E-state index contributed by atoms with van der Waals surface area (Å²) in [5.74, 6) is 0.711. The third kappa shape index (κ3) is 2.04. The number of ether oxygens (including phenoxy) is 1. The van der Waals surface area contributed by atoms with Gasteiger partial charge in [-0.3, -0.25) is 0 Å². The van der Waals surface area contributed by atoms with Gasteiger partial charge in [-0.25, -0.2) is 0 Å². The van der Waals surface area contributed by atoms with E-state index in [0.29, 0.717) is 17.2 Å². The highest BCUT2D eigenvalue weighted by molar-refractivity contribution is 6.33. The lowest BCUT2D eigenvalue weighted by Gasteiger charge is -2.17. The minimum Gasteiger partial charge on any atom is -0.495 e. The summed E-state index contributed by atoms with van der Waals surface area (Å²) in [5.41, 5.74) is 2.84. The number of hydrogen-bond donors (Lipinski definition) is 1. The molecule has 0 saturated heterocycles. The van der Waals surface area contributed by atoms with Crippen LogP contribution in [0.15, 0.2) is 6.07 Å². The van der Waals surface area contributed by atoms with Gasteiger partial charge in [0, 0.05) is 6.42 Å². The molecule has 1 aromatic carbocycles. The summed E-state index contributed by atoms with van der Waals surface area (Å²) >= 11 is 6.21. The van der Waals surface area contributed by atoms with E-state index >= 15 is 0 Å².